The van der Waals surface area contributed by atoms with Crippen molar-refractivity contribution in [1.29, 1.82) is 0 Å². The Morgan fingerprint density at radius 3 is 1.64 bits per heavy atom. The summed E-state index contributed by atoms with van der Waals surface area (Å²) < 4.78 is 0. The average molecular weight is 648 g/mol. The predicted molar refractivity (Wildman–Crippen MR) is 215 cm³/mol. The third kappa shape index (κ3) is 5.15. The lowest BCUT2D eigenvalue weighted by atomic mass is 9.73. The van der Waals surface area contributed by atoms with E-state index in [1.807, 2.05) is 0 Å². The van der Waals surface area contributed by atoms with Crippen LogP contribution in [0.5, 0.6) is 0 Å². The van der Waals surface area contributed by atoms with Crippen LogP contribution in [0.3, 0.4) is 0 Å². The van der Waals surface area contributed by atoms with Crippen LogP contribution in [-0.4, -0.2) is 0 Å². The zero-order chi connectivity index (χ0) is 34.5. The number of fused-ring (bicyclic) bond motifs is 4. The lowest BCUT2D eigenvalue weighted by Crippen LogP contribution is -2.23. The fraction of sp³-hybridized carbons (Fsp3) is 0.184. The lowest BCUT2D eigenvalue weighted by Gasteiger charge is -2.33. The molecule has 0 radical (unpaired) electrons. The van der Waals surface area contributed by atoms with Crippen LogP contribution in [0.25, 0.3) is 44.2 Å². The molecule has 0 heterocycles. The lowest BCUT2D eigenvalue weighted by molar-refractivity contribution is 0.491. The summed E-state index contributed by atoms with van der Waals surface area (Å²) in [6.45, 7) is 11.6. The van der Waals surface area contributed by atoms with Gasteiger partial charge >= 0.3 is 0 Å². The molecule has 1 nitrogen and oxygen atoms in total. The first-order valence-electron chi connectivity index (χ1n) is 18.2. The molecule has 246 valence electrons. The summed E-state index contributed by atoms with van der Waals surface area (Å²) in [4.78, 5) is 2.53. The summed E-state index contributed by atoms with van der Waals surface area (Å²) in [6, 6.07) is 58.6. The van der Waals surface area contributed by atoms with Crippen molar-refractivity contribution in [3.05, 3.63) is 174 Å². The second kappa shape index (κ2) is 12.5. The molecule has 7 aromatic carbocycles. The largest absolute Gasteiger partial charge is 0.309 e. The summed E-state index contributed by atoms with van der Waals surface area (Å²) in [5, 5.41) is 2.55. The maximum Gasteiger partial charge on any atom is 0.0621 e. The van der Waals surface area contributed by atoms with Gasteiger partial charge in [-0.25, -0.2) is 0 Å². The molecule has 0 atom stereocenters. The Balaban J connectivity index is 1.39. The quantitative estimate of drug-likeness (QED) is 0.166. The Morgan fingerprint density at radius 1 is 0.500 bits per heavy atom. The number of hydrogen-bond donors (Lipinski definition) is 0. The van der Waals surface area contributed by atoms with Crippen molar-refractivity contribution in [2.45, 2.75) is 58.3 Å². The molecule has 0 amide bonds. The number of hydrogen-bond acceptors (Lipinski definition) is 1. The highest BCUT2D eigenvalue weighted by Crippen LogP contribution is 2.59. The Kier molecular flexibility index (Phi) is 7.95. The van der Waals surface area contributed by atoms with Crippen molar-refractivity contribution in [3.63, 3.8) is 0 Å². The van der Waals surface area contributed by atoms with E-state index in [0.717, 1.165) is 24.2 Å². The first kappa shape index (κ1) is 31.8. The summed E-state index contributed by atoms with van der Waals surface area (Å²) in [6.07, 6.45) is 2.11. The molecular weight excluding hydrogens is 603 g/mol. The Labute approximate surface area is 297 Å². The van der Waals surface area contributed by atoms with E-state index in [0.29, 0.717) is 0 Å². The second-order valence-corrected chi connectivity index (χ2v) is 14.8. The molecule has 0 N–H and O–H groups in total. The van der Waals surface area contributed by atoms with Crippen molar-refractivity contribution in [2.24, 2.45) is 0 Å². The highest BCUT2D eigenvalue weighted by Gasteiger charge is 2.43. The molecule has 0 unspecified atom stereocenters. The monoisotopic (exact) mass is 647 g/mol. The van der Waals surface area contributed by atoms with Gasteiger partial charge in [0.1, 0.15) is 0 Å². The minimum Gasteiger partial charge on any atom is -0.309 e. The van der Waals surface area contributed by atoms with Crippen LogP contribution in [0.2, 0.25) is 0 Å². The normalized spacial score (nSPS) is 13.2. The van der Waals surface area contributed by atoms with Gasteiger partial charge in [-0.3, -0.25) is 0 Å². The third-order valence-electron chi connectivity index (χ3n) is 11.1. The van der Waals surface area contributed by atoms with Gasteiger partial charge in [0.05, 0.1) is 5.69 Å². The molecule has 50 heavy (non-hydrogen) atoms. The molecule has 0 bridgehead atoms. The fourth-order valence-electron chi connectivity index (χ4n) is 8.40. The Hall–Kier alpha value is -5.40. The van der Waals surface area contributed by atoms with Gasteiger partial charge in [-0.15, -0.1) is 0 Å². The number of anilines is 3. The van der Waals surface area contributed by atoms with Gasteiger partial charge in [0.2, 0.25) is 0 Å². The van der Waals surface area contributed by atoms with Crippen molar-refractivity contribution in [1.82, 2.24) is 0 Å². The van der Waals surface area contributed by atoms with Crippen LogP contribution in [-0.2, 0) is 10.8 Å². The zero-order valence-corrected chi connectivity index (χ0v) is 29.9. The predicted octanol–water partition coefficient (Wildman–Crippen LogP) is 14.0. The van der Waals surface area contributed by atoms with Crippen LogP contribution in [0, 0.1) is 0 Å². The highest BCUT2D eigenvalue weighted by atomic mass is 15.1. The smallest absolute Gasteiger partial charge is 0.0621 e. The number of rotatable bonds is 7. The van der Waals surface area contributed by atoms with E-state index in [4.69, 9.17) is 0 Å². The SMILES string of the molecule is CCC1(CC)c2ccccc2-c2c1cc1ccccc1c2N(c1ccc(-c2ccccc2-c2ccccc2)cc1)c1ccc(C(C)(C)C)cc1. The summed E-state index contributed by atoms with van der Waals surface area (Å²) in [5.41, 5.74) is 15.5. The first-order valence-corrected chi connectivity index (χ1v) is 18.2. The minimum atomic E-state index is -0.0303. The average Bonchev–Trinajstić information content (AvgIpc) is 3.44. The van der Waals surface area contributed by atoms with Gasteiger partial charge < -0.3 is 4.90 Å². The van der Waals surface area contributed by atoms with Crippen LogP contribution < -0.4 is 4.90 Å². The van der Waals surface area contributed by atoms with E-state index in [-0.39, 0.29) is 10.8 Å². The fourth-order valence-corrected chi connectivity index (χ4v) is 8.40. The number of nitrogens with zero attached hydrogens (tertiary/aromatic N) is 1. The summed E-state index contributed by atoms with van der Waals surface area (Å²) >= 11 is 0. The second-order valence-electron chi connectivity index (χ2n) is 14.8. The van der Waals surface area contributed by atoms with E-state index in [1.165, 1.54) is 66.5 Å². The summed E-state index contributed by atoms with van der Waals surface area (Å²) in [5.74, 6) is 0. The van der Waals surface area contributed by atoms with E-state index in [9.17, 15) is 0 Å². The molecule has 1 aliphatic carbocycles. The Morgan fingerprint density at radius 2 is 1.02 bits per heavy atom. The van der Waals surface area contributed by atoms with Gasteiger partial charge in [-0.2, -0.15) is 0 Å². The highest BCUT2D eigenvalue weighted by molar-refractivity contribution is 6.10. The molecule has 0 aromatic heterocycles. The topological polar surface area (TPSA) is 3.24 Å². The van der Waals surface area contributed by atoms with E-state index < -0.39 is 0 Å². The van der Waals surface area contributed by atoms with Gasteiger partial charge in [-0.05, 0) is 98.5 Å². The molecule has 0 aliphatic heterocycles. The zero-order valence-electron chi connectivity index (χ0n) is 29.9. The van der Waals surface area contributed by atoms with Crippen molar-refractivity contribution in [3.8, 4) is 33.4 Å². The van der Waals surface area contributed by atoms with Crippen molar-refractivity contribution < 1.29 is 0 Å². The van der Waals surface area contributed by atoms with Gasteiger partial charge in [0.25, 0.3) is 0 Å². The Bertz CT molecular complexity index is 2300. The summed E-state index contributed by atoms with van der Waals surface area (Å²) in [7, 11) is 0. The van der Waals surface area contributed by atoms with E-state index >= 15 is 0 Å². The van der Waals surface area contributed by atoms with Crippen LogP contribution in [0.15, 0.2) is 158 Å². The van der Waals surface area contributed by atoms with Crippen molar-refractivity contribution >= 4 is 27.8 Å². The number of benzene rings is 7. The van der Waals surface area contributed by atoms with E-state index in [1.54, 1.807) is 0 Å². The molecular formula is C49H45N. The van der Waals surface area contributed by atoms with Crippen LogP contribution in [0.1, 0.15) is 64.2 Å². The third-order valence-corrected chi connectivity index (χ3v) is 11.1. The van der Waals surface area contributed by atoms with Gasteiger partial charge in [0, 0.05) is 27.7 Å². The van der Waals surface area contributed by atoms with Crippen LogP contribution >= 0.6 is 0 Å². The molecule has 1 aliphatic rings. The maximum atomic E-state index is 2.53. The molecule has 0 fully saturated rings. The van der Waals surface area contributed by atoms with Crippen LogP contribution in [0.4, 0.5) is 17.1 Å². The molecule has 0 spiro atoms. The maximum absolute atomic E-state index is 2.53. The first-order chi connectivity index (χ1) is 24.3. The van der Waals surface area contributed by atoms with Gasteiger partial charge in [-0.1, -0.05) is 162 Å². The van der Waals surface area contributed by atoms with E-state index in [2.05, 4.69) is 197 Å². The molecule has 0 saturated carbocycles. The molecule has 8 rings (SSSR count). The minimum absolute atomic E-state index is 0.0303. The van der Waals surface area contributed by atoms with Crippen molar-refractivity contribution in [2.75, 3.05) is 4.90 Å². The molecule has 1 heteroatoms. The van der Waals surface area contributed by atoms with Gasteiger partial charge in [0.15, 0.2) is 0 Å². The standard InChI is InChI=1S/C49H45N/c1-6-49(7-2)44-24-16-15-23-43(44)46-45(49)33-36-19-11-12-22-42(36)47(46)50(39-31-27-37(28-32-39)48(3,4)5)38-29-25-35(26-30-38)41-21-14-13-20-40(41)34-17-9-8-10-18-34/h8-33H,6-7H2,1-5H3. The molecule has 0 saturated heterocycles. The molecule has 7 aromatic rings.